The van der Waals surface area contributed by atoms with Crippen LogP contribution in [0.3, 0.4) is 0 Å². The topological polar surface area (TPSA) is 49.3 Å². The zero-order chi connectivity index (χ0) is 14.6. The van der Waals surface area contributed by atoms with E-state index in [-0.39, 0.29) is 10.3 Å². The van der Waals surface area contributed by atoms with Crippen molar-refractivity contribution in [2.24, 2.45) is 0 Å². The molecular weight excluding hydrogens is 277 g/mol. The van der Waals surface area contributed by atoms with Gasteiger partial charge in [-0.2, -0.15) is 11.8 Å². The maximum atomic E-state index is 13.1. The predicted molar refractivity (Wildman–Crippen MR) is 81.2 cm³/mol. The zero-order valence-electron chi connectivity index (χ0n) is 11.6. The second kappa shape index (κ2) is 6.48. The molecule has 1 saturated carbocycles. The van der Waals surface area contributed by atoms with Gasteiger partial charge in [0.05, 0.1) is 5.56 Å². The lowest BCUT2D eigenvalue weighted by molar-refractivity contribution is 0.0697. The van der Waals surface area contributed by atoms with Gasteiger partial charge in [-0.1, -0.05) is 19.3 Å². The number of halogens is 1. The Labute approximate surface area is 123 Å². The fourth-order valence-corrected chi connectivity index (χ4v) is 3.67. The Morgan fingerprint density at radius 2 is 2.10 bits per heavy atom. The highest BCUT2D eigenvalue weighted by Crippen LogP contribution is 2.38. The van der Waals surface area contributed by atoms with Crippen LogP contribution in [0.15, 0.2) is 18.2 Å². The summed E-state index contributed by atoms with van der Waals surface area (Å²) in [5.41, 5.74) is 0.495. The molecule has 1 aliphatic carbocycles. The number of hydrogen-bond acceptors (Lipinski definition) is 3. The molecule has 20 heavy (non-hydrogen) atoms. The van der Waals surface area contributed by atoms with E-state index in [2.05, 4.69) is 11.6 Å². The summed E-state index contributed by atoms with van der Waals surface area (Å²) in [5, 5.41) is 12.4. The van der Waals surface area contributed by atoms with Gasteiger partial charge in [0.15, 0.2) is 0 Å². The minimum atomic E-state index is -1.10. The van der Waals surface area contributed by atoms with Crippen LogP contribution in [0, 0.1) is 5.82 Å². The number of carboxylic acids is 1. The molecule has 0 aromatic heterocycles. The normalized spacial score (nSPS) is 17.7. The first-order chi connectivity index (χ1) is 9.56. The molecule has 0 bridgehead atoms. The van der Waals surface area contributed by atoms with Crippen molar-refractivity contribution in [2.75, 3.05) is 18.1 Å². The number of benzene rings is 1. The molecular formula is C15H20FNO2S. The van der Waals surface area contributed by atoms with E-state index in [1.807, 2.05) is 11.8 Å². The summed E-state index contributed by atoms with van der Waals surface area (Å²) >= 11 is 1.85. The van der Waals surface area contributed by atoms with E-state index in [1.54, 1.807) is 0 Å². The molecule has 0 amide bonds. The first kappa shape index (κ1) is 15.2. The first-order valence-corrected chi connectivity index (χ1v) is 8.11. The maximum Gasteiger partial charge on any atom is 0.337 e. The van der Waals surface area contributed by atoms with Crippen LogP contribution >= 0.6 is 11.8 Å². The number of aromatic carboxylic acids is 1. The molecule has 0 aliphatic heterocycles. The van der Waals surface area contributed by atoms with Crippen LogP contribution in [0.5, 0.6) is 0 Å². The smallest absolute Gasteiger partial charge is 0.337 e. The van der Waals surface area contributed by atoms with Crippen molar-refractivity contribution in [3.8, 4) is 0 Å². The molecule has 110 valence electrons. The van der Waals surface area contributed by atoms with Crippen molar-refractivity contribution in [1.82, 2.24) is 0 Å². The van der Waals surface area contributed by atoms with Gasteiger partial charge in [-0.05, 0) is 37.3 Å². The largest absolute Gasteiger partial charge is 0.478 e. The Morgan fingerprint density at radius 1 is 1.40 bits per heavy atom. The van der Waals surface area contributed by atoms with E-state index >= 15 is 0 Å². The van der Waals surface area contributed by atoms with Crippen molar-refractivity contribution in [3.63, 3.8) is 0 Å². The molecule has 2 N–H and O–H groups in total. The van der Waals surface area contributed by atoms with Crippen molar-refractivity contribution in [1.29, 1.82) is 0 Å². The molecule has 1 aliphatic rings. The Bertz CT molecular complexity index is 487. The lowest BCUT2D eigenvalue weighted by Crippen LogP contribution is -2.35. The van der Waals surface area contributed by atoms with Crippen LogP contribution in [0.2, 0.25) is 0 Å². The summed E-state index contributed by atoms with van der Waals surface area (Å²) in [6.07, 6.45) is 8.11. The van der Waals surface area contributed by atoms with Gasteiger partial charge in [0.2, 0.25) is 0 Å². The van der Waals surface area contributed by atoms with Gasteiger partial charge < -0.3 is 10.4 Å². The lowest BCUT2D eigenvalue weighted by atomic mass is 9.88. The third-order valence-electron chi connectivity index (χ3n) is 4.01. The second-order valence-corrected chi connectivity index (χ2v) is 6.57. The monoisotopic (exact) mass is 297 g/mol. The lowest BCUT2D eigenvalue weighted by Gasteiger charge is -2.36. The third kappa shape index (κ3) is 3.45. The molecule has 1 aromatic rings. The summed E-state index contributed by atoms with van der Waals surface area (Å²) in [6, 6.07) is 3.87. The summed E-state index contributed by atoms with van der Waals surface area (Å²) in [4.78, 5) is 11.2. The number of hydrogen-bond donors (Lipinski definition) is 2. The molecule has 5 heteroatoms. The molecule has 1 aromatic carbocycles. The van der Waals surface area contributed by atoms with E-state index in [4.69, 9.17) is 5.11 Å². The number of anilines is 1. The molecule has 0 unspecified atom stereocenters. The number of carboxylic acid groups (broad SMARTS) is 1. The Morgan fingerprint density at radius 3 is 2.70 bits per heavy atom. The van der Waals surface area contributed by atoms with Crippen LogP contribution in [0.25, 0.3) is 0 Å². The van der Waals surface area contributed by atoms with E-state index < -0.39 is 11.8 Å². The average Bonchev–Trinajstić information content (AvgIpc) is 2.47. The third-order valence-corrected chi connectivity index (χ3v) is 5.43. The number of nitrogens with one attached hydrogen (secondary N) is 1. The van der Waals surface area contributed by atoms with E-state index in [0.29, 0.717) is 5.69 Å². The average molecular weight is 297 g/mol. The second-order valence-electron chi connectivity index (χ2n) is 5.30. The van der Waals surface area contributed by atoms with Gasteiger partial charge in [0.1, 0.15) is 5.82 Å². The molecule has 0 saturated heterocycles. The first-order valence-electron chi connectivity index (χ1n) is 6.88. The highest BCUT2D eigenvalue weighted by molar-refractivity contribution is 8.00. The molecule has 1 fully saturated rings. The van der Waals surface area contributed by atoms with Crippen LogP contribution in [-0.4, -0.2) is 28.6 Å². The van der Waals surface area contributed by atoms with Crippen LogP contribution in [-0.2, 0) is 0 Å². The van der Waals surface area contributed by atoms with Crippen LogP contribution < -0.4 is 5.32 Å². The van der Waals surface area contributed by atoms with Gasteiger partial charge in [-0.25, -0.2) is 9.18 Å². The van der Waals surface area contributed by atoms with Crippen molar-refractivity contribution >= 4 is 23.4 Å². The van der Waals surface area contributed by atoms with Crippen molar-refractivity contribution in [3.05, 3.63) is 29.6 Å². The van der Waals surface area contributed by atoms with Gasteiger partial charge in [0, 0.05) is 17.0 Å². The fraction of sp³-hybridized carbons (Fsp3) is 0.533. The number of thioether (sulfide) groups is 1. The molecule has 3 nitrogen and oxygen atoms in total. The molecule has 0 atom stereocenters. The van der Waals surface area contributed by atoms with Gasteiger partial charge in [0.25, 0.3) is 0 Å². The molecule has 2 rings (SSSR count). The molecule has 0 spiro atoms. The van der Waals surface area contributed by atoms with Crippen LogP contribution in [0.1, 0.15) is 42.5 Å². The van der Waals surface area contributed by atoms with E-state index in [9.17, 15) is 9.18 Å². The quantitative estimate of drug-likeness (QED) is 0.862. The van der Waals surface area contributed by atoms with Gasteiger partial charge >= 0.3 is 5.97 Å². The van der Waals surface area contributed by atoms with Crippen molar-refractivity contribution < 1.29 is 14.3 Å². The highest BCUT2D eigenvalue weighted by atomic mass is 32.2. The minimum Gasteiger partial charge on any atom is -0.478 e. The highest BCUT2D eigenvalue weighted by Gasteiger charge is 2.31. The summed E-state index contributed by atoms with van der Waals surface area (Å²) in [5.74, 6) is -1.63. The summed E-state index contributed by atoms with van der Waals surface area (Å²) in [7, 11) is 0. The maximum absolute atomic E-state index is 13.1. The van der Waals surface area contributed by atoms with Gasteiger partial charge in [-0.15, -0.1) is 0 Å². The predicted octanol–water partition coefficient (Wildman–Crippen LogP) is 4.00. The Kier molecular flexibility index (Phi) is 4.91. The van der Waals surface area contributed by atoms with Crippen molar-refractivity contribution in [2.45, 2.75) is 36.9 Å². The number of rotatable bonds is 5. The zero-order valence-corrected chi connectivity index (χ0v) is 12.4. The van der Waals surface area contributed by atoms with E-state index in [0.717, 1.165) is 25.5 Å². The Balaban J connectivity index is 2.11. The SMILES string of the molecule is CSC1(CNc2ccc(F)cc2C(=O)O)CCCCC1. The van der Waals surface area contributed by atoms with Gasteiger partial charge in [-0.3, -0.25) is 0 Å². The minimum absolute atomic E-state index is 0.00272. The summed E-state index contributed by atoms with van der Waals surface area (Å²) < 4.78 is 13.3. The van der Waals surface area contributed by atoms with Crippen LogP contribution in [0.4, 0.5) is 10.1 Å². The fourth-order valence-electron chi connectivity index (χ4n) is 2.75. The van der Waals surface area contributed by atoms with E-state index in [1.165, 1.54) is 31.4 Å². The number of carbonyl (C=O) groups is 1. The molecule has 0 heterocycles. The summed E-state index contributed by atoms with van der Waals surface area (Å²) in [6.45, 7) is 0.722. The Hall–Kier alpha value is -1.23. The molecule has 0 radical (unpaired) electrons. The standard InChI is InChI=1S/C15H20FNO2S/c1-20-15(7-3-2-4-8-15)10-17-13-6-5-11(16)9-12(13)14(18)19/h5-6,9,17H,2-4,7-8,10H2,1H3,(H,18,19).